The lowest BCUT2D eigenvalue weighted by molar-refractivity contribution is -0.139. The van der Waals surface area contributed by atoms with Crippen molar-refractivity contribution in [2.24, 2.45) is 0 Å². The van der Waals surface area contributed by atoms with E-state index in [9.17, 15) is 18.0 Å². The van der Waals surface area contributed by atoms with Gasteiger partial charge in [0.1, 0.15) is 6.04 Å². The van der Waals surface area contributed by atoms with Gasteiger partial charge in [0.05, 0.1) is 4.90 Å². The molecule has 0 saturated carbocycles. The van der Waals surface area contributed by atoms with Crippen LogP contribution in [0.25, 0.3) is 0 Å². The first-order valence-corrected chi connectivity index (χ1v) is 7.48. The Morgan fingerprint density at radius 3 is 2.47 bits per heavy atom. The fraction of sp³-hybridized carbons (Fsp3) is 0.333. The molecule has 0 fully saturated rings. The molecule has 0 saturated heterocycles. The second-order valence-corrected chi connectivity index (χ2v) is 6.09. The molecule has 1 rings (SSSR count). The van der Waals surface area contributed by atoms with E-state index in [-0.39, 0.29) is 16.9 Å². The summed E-state index contributed by atoms with van der Waals surface area (Å²) in [6.07, 6.45) is 1.28. The van der Waals surface area contributed by atoms with Crippen LogP contribution in [0.1, 0.15) is 23.7 Å². The summed E-state index contributed by atoms with van der Waals surface area (Å²) in [5.74, 6) is -1.74. The molecule has 2 N–H and O–H groups in total. The molecular formula is C12H15NO5S. The molecule has 0 spiro atoms. The zero-order valence-electron chi connectivity index (χ0n) is 10.6. The summed E-state index contributed by atoms with van der Waals surface area (Å²) in [6.45, 7) is 1.63. The third-order valence-electron chi connectivity index (χ3n) is 2.54. The molecule has 0 aliphatic heterocycles. The van der Waals surface area contributed by atoms with Crippen molar-refractivity contribution in [1.82, 2.24) is 5.32 Å². The molecule has 6 nitrogen and oxygen atoms in total. The fourth-order valence-electron chi connectivity index (χ4n) is 1.45. The van der Waals surface area contributed by atoms with Crippen molar-refractivity contribution < 1.29 is 23.1 Å². The van der Waals surface area contributed by atoms with Crippen molar-refractivity contribution in [2.45, 2.75) is 24.3 Å². The molecule has 19 heavy (non-hydrogen) atoms. The highest BCUT2D eigenvalue weighted by molar-refractivity contribution is 7.90. The van der Waals surface area contributed by atoms with E-state index in [4.69, 9.17) is 5.11 Å². The van der Waals surface area contributed by atoms with Crippen molar-refractivity contribution in [3.05, 3.63) is 29.8 Å². The van der Waals surface area contributed by atoms with E-state index in [1.165, 1.54) is 24.3 Å². The molecule has 1 aromatic rings. The number of hydrogen-bond donors (Lipinski definition) is 2. The maximum atomic E-state index is 11.8. The van der Waals surface area contributed by atoms with Crippen LogP contribution >= 0.6 is 0 Å². The van der Waals surface area contributed by atoms with Crippen LogP contribution in [-0.4, -0.2) is 37.7 Å². The van der Waals surface area contributed by atoms with E-state index in [0.717, 1.165) is 6.26 Å². The molecule has 1 amide bonds. The standard InChI is InChI=1S/C12H15NO5S/c1-3-10(12(15)16)13-11(14)8-5-4-6-9(7-8)19(2,17)18/h4-7,10H,3H2,1-2H3,(H,13,14)(H,15,16)/t10-/m1/s1. The summed E-state index contributed by atoms with van der Waals surface area (Å²) in [6, 6.07) is 4.47. The number of carboxylic acids is 1. The average Bonchev–Trinajstić information content (AvgIpc) is 2.34. The van der Waals surface area contributed by atoms with Gasteiger partial charge in [-0.1, -0.05) is 13.0 Å². The Morgan fingerprint density at radius 2 is 2.00 bits per heavy atom. The van der Waals surface area contributed by atoms with E-state index in [2.05, 4.69) is 5.32 Å². The first-order valence-electron chi connectivity index (χ1n) is 5.59. The number of rotatable bonds is 5. The smallest absolute Gasteiger partial charge is 0.326 e. The maximum absolute atomic E-state index is 11.8. The van der Waals surface area contributed by atoms with Crippen molar-refractivity contribution in [3.8, 4) is 0 Å². The number of nitrogens with one attached hydrogen (secondary N) is 1. The Hall–Kier alpha value is -1.89. The summed E-state index contributed by atoms with van der Waals surface area (Å²) < 4.78 is 22.7. The van der Waals surface area contributed by atoms with Gasteiger partial charge in [-0.3, -0.25) is 4.79 Å². The summed E-state index contributed by atoms with van der Waals surface area (Å²) in [5.41, 5.74) is 0.114. The number of aliphatic carboxylic acids is 1. The zero-order valence-corrected chi connectivity index (χ0v) is 11.4. The highest BCUT2D eigenvalue weighted by Gasteiger charge is 2.19. The first kappa shape index (κ1) is 15.2. The van der Waals surface area contributed by atoms with Gasteiger partial charge in [-0.15, -0.1) is 0 Å². The maximum Gasteiger partial charge on any atom is 0.326 e. The van der Waals surface area contributed by atoms with Crippen LogP contribution < -0.4 is 5.32 Å². The van der Waals surface area contributed by atoms with Gasteiger partial charge in [-0.2, -0.15) is 0 Å². The van der Waals surface area contributed by atoms with Gasteiger partial charge in [-0.25, -0.2) is 13.2 Å². The van der Waals surface area contributed by atoms with Crippen molar-refractivity contribution in [1.29, 1.82) is 0 Å². The Morgan fingerprint density at radius 1 is 1.37 bits per heavy atom. The van der Waals surface area contributed by atoms with Crippen molar-refractivity contribution in [3.63, 3.8) is 0 Å². The lowest BCUT2D eigenvalue weighted by atomic mass is 10.1. The van der Waals surface area contributed by atoms with Crippen LogP contribution in [0.15, 0.2) is 29.2 Å². The van der Waals surface area contributed by atoms with Gasteiger partial charge in [0, 0.05) is 11.8 Å². The molecule has 7 heteroatoms. The monoisotopic (exact) mass is 285 g/mol. The van der Waals surface area contributed by atoms with Crippen LogP contribution in [-0.2, 0) is 14.6 Å². The third-order valence-corrected chi connectivity index (χ3v) is 3.65. The van der Waals surface area contributed by atoms with Crippen LogP contribution in [0.3, 0.4) is 0 Å². The lowest BCUT2D eigenvalue weighted by Crippen LogP contribution is -2.40. The Balaban J connectivity index is 2.98. The number of carbonyl (C=O) groups is 2. The normalized spacial score (nSPS) is 12.7. The Labute approximate surface area is 111 Å². The topological polar surface area (TPSA) is 101 Å². The van der Waals surface area contributed by atoms with Gasteiger partial charge < -0.3 is 10.4 Å². The zero-order chi connectivity index (χ0) is 14.6. The molecule has 104 valence electrons. The SMILES string of the molecule is CC[C@@H](NC(=O)c1cccc(S(C)(=O)=O)c1)C(=O)O. The highest BCUT2D eigenvalue weighted by Crippen LogP contribution is 2.11. The summed E-state index contributed by atoms with van der Waals surface area (Å²) in [7, 11) is -3.41. The van der Waals surface area contributed by atoms with Crippen LogP contribution in [0, 0.1) is 0 Å². The molecule has 1 aromatic carbocycles. The number of carbonyl (C=O) groups excluding carboxylic acids is 1. The number of benzene rings is 1. The number of carboxylic acid groups (broad SMARTS) is 1. The predicted octanol–water partition coefficient (Wildman–Crippen LogP) is 0.683. The van der Waals surface area contributed by atoms with E-state index in [1.807, 2.05) is 0 Å². The molecule has 0 unspecified atom stereocenters. The minimum atomic E-state index is -3.41. The fourth-order valence-corrected chi connectivity index (χ4v) is 2.11. The molecule has 0 aliphatic rings. The number of sulfone groups is 1. The molecule has 0 heterocycles. The van der Waals surface area contributed by atoms with Crippen molar-refractivity contribution in [2.75, 3.05) is 6.26 Å². The second kappa shape index (κ2) is 5.83. The van der Waals surface area contributed by atoms with Crippen molar-refractivity contribution >= 4 is 21.7 Å². The number of amides is 1. The van der Waals surface area contributed by atoms with Gasteiger partial charge in [0.15, 0.2) is 9.84 Å². The van der Waals surface area contributed by atoms with Gasteiger partial charge >= 0.3 is 5.97 Å². The minimum absolute atomic E-state index is 0.0172. The number of hydrogen-bond acceptors (Lipinski definition) is 4. The summed E-state index contributed by atoms with van der Waals surface area (Å²) in [5, 5.41) is 11.2. The van der Waals surface area contributed by atoms with E-state index < -0.39 is 27.8 Å². The molecule has 0 radical (unpaired) electrons. The van der Waals surface area contributed by atoms with Crippen LogP contribution in [0.4, 0.5) is 0 Å². The largest absolute Gasteiger partial charge is 0.480 e. The quantitative estimate of drug-likeness (QED) is 0.828. The average molecular weight is 285 g/mol. The van der Waals surface area contributed by atoms with Gasteiger partial charge in [-0.05, 0) is 24.6 Å². The van der Waals surface area contributed by atoms with Crippen LogP contribution in [0.5, 0.6) is 0 Å². The molecular weight excluding hydrogens is 270 g/mol. The second-order valence-electron chi connectivity index (χ2n) is 4.07. The first-order chi connectivity index (χ1) is 8.75. The van der Waals surface area contributed by atoms with E-state index in [0.29, 0.717) is 0 Å². The lowest BCUT2D eigenvalue weighted by Gasteiger charge is -2.12. The summed E-state index contributed by atoms with van der Waals surface area (Å²) in [4.78, 5) is 22.7. The van der Waals surface area contributed by atoms with Gasteiger partial charge in [0.25, 0.3) is 5.91 Å². The molecule has 1 atom stereocenters. The summed E-state index contributed by atoms with van der Waals surface area (Å²) >= 11 is 0. The van der Waals surface area contributed by atoms with Gasteiger partial charge in [0.2, 0.25) is 0 Å². The van der Waals surface area contributed by atoms with E-state index >= 15 is 0 Å². The van der Waals surface area contributed by atoms with Crippen LogP contribution in [0.2, 0.25) is 0 Å². The minimum Gasteiger partial charge on any atom is -0.480 e. The Kier molecular flexibility index (Phi) is 4.66. The highest BCUT2D eigenvalue weighted by atomic mass is 32.2. The molecule has 0 bridgehead atoms. The molecule has 0 aromatic heterocycles. The Bertz CT molecular complexity index is 594. The van der Waals surface area contributed by atoms with E-state index in [1.54, 1.807) is 6.92 Å². The predicted molar refractivity (Wildman–Crippen MR) is 68.7 cm³/mol. The molecule has 0 aliphatic carbocycles. The third kappa shape index (κ3) is 4.06.